The standard InChI is InChI=1S/C30H35BrN6O4/c31-22-12-10-21-18-23(13-11-20(21)17-22)41-29(40)25(9-5-15-35-30(32)33)36-28(39)26(16-19-6-2-1-3-7-19)37-27(38)24-8-4-14-34-24/h1-3,6-7,10-13,17-18,24-26,34H,4-5,8-9,14-16H2,(H,36,39)(H,37,38)(H4,32,33,35)/t24-,25-,26-/m0/s1. The van der Waals surface area contributed by atoms with Gasteiger partial charge in [-0.1, -0.05) is 58.4 Å². The fourth-order valence-electron chi connectivity index (χ4n) is 4.71. The van der Waals surface area contributed by atoms with Crippen LogP contribution in [0, 0.1) is 0 Å². The van der Waals surface area contributed by atoms with E-state index in [1.54, 1.807) is 12.1 Å². The Morgan fingerprint density at radius 3 is 2.49 bits per heavy atom. The second-order valence-corrected chi connectivity index (χ2v) is 10.9. The first-order valence-electron chi connectivity index (χ1n) is 13.6. The van der Waals surface area contributed by atoms with Gasteiger partial charge in [-0.25, -0.2) is 4.79 Å². The maximum absolute atomic E-state index is 13.6. The molecular formula is C30H35BrN6O4. The van der Waals surface area contributed by atoms with Crippen molar-refractivity contribution in [1.82, 2.24) is 16.0 Å². The highest BCUT2D eigenvalue weighted by Gasteiger charge is 2.30. The molecule has 0 spiro atoms. The molecule has 1 aliphatic rings. The number of guanidine groups is 1. The molecular weight excluding hydrogens is 588 g/mol. The first kappa shape index (κ1) is 30.0. The summed E-state index contributed by atoms with van der Waals surface area (Å²) >= 11 is 3.46. The van der Waals surface area contributed by atoms with E-state index in [0.29, 0.717) is 18.6 Å². The minimum Gasteiger partial charge on any atom is -0.425 e. The Bertz CT molecular complexity index is 1390. The summed E-state index contributed by atoms with van der Waals surface area (Å²) in [6.45, 7) is 1.04. The molecule has 3 aromatic rings. The predicted molar refractivity (Wildman–Crippen MR) is 162 cm³/mol. The molecule has 1 fully saturated rings. The molecule has 0 aromatic heterocycles. The number of ether oxygens (including phenoxy) is 1. The van der Waals surface area contributed by atoms with Crippen LogP contribution in [0.25, 0.3) is 10.8 Å². The fourth-order valence-corrected chi connectivity index (χ4v) is 5.09. The number of amides is 2. The first-order chi connectivity index (χ1) is 19.8. The molecule has 7 N–H and O–H groups in total. The van der Waals surface area contributed by atoms with Gasteiger partial charge in [-0.3, -0.25) is 14.6 Å². The van der Waals surface area contributed by atoms with Crippen molar-refractivity contribution >= 4 is 50.4 Å². The summed E-state index contributed by atoms with van der Waals surface area (Å²) in [5, 5.41) is 10.7. The van der Waals surface area contributed by atoms with Crippen LogP contribution in [0.15, 0.2) is 76.2 Å². The number of nitrogens with zero attached hydrogens (tertiary/aromatic N) is 1. The largest absolute Gasteiger partial charge is 0.425 e. The molecule has 11 heteroatoms. The molecule has 2 amide bonds. The summed E-state index contributed by atoms with van der Waals surface area (Å²) in [4.78, 5) is 43.8. The Kier molecular flexibility index (Phi) is 10.7. The van der Waals surface area contributed by atoms with E-state index in [1.807, 2.05) is 54.6 Å². The van der Waals surface area contributed by atoms with E-state index in [-0.39, 0.29) is 37.3 Å². The van der Waals surface area contributed by atoms with Gasteiger partial charge in [0.25, 0.3) is 0 Å². The van der Waals surface area contributed by atoms with Crippen molar-refractivity contribution in [3.8, 4) is 5.75 Å². The molecule has 1 saturated heterocycles. The molecule has 3 aromatic carbocycles. The minimum atomic E-state index is -0.989. The molecule has 0 saturated carbocycles. The van der Waals surface area contributed by atoms with Crippen LogP contribution >= 0.6 is 15.9 Å². The SMILES string of the molecule is NC(N)=NCCC[C@H](NC(=O)[C@H](Cc1ccccc1)NC(=O)[C@@H]1CCCN1)C(=O)Oc1ccc2cc(Br)ccc2c1. The highest BCUT2D eigenvalue weighted by Crippen LogP contribution is 2.24. The van der Waals surface area contributed by atoms with Crippen LogP contribution in [0.4, 0.5) is 0 Å². The van der Waals surface area contributed by atoms with Crippen molar-refractivity contribution in [3.63, 3.8) is 0 Å². The number of benzene rings is 3. The summed E-state index contributed by atoms with van der Waals surface area (Å²) in [6.07, 6.45) is 2.52. The van der Waals surface area contributed by atoms with E-state index in [9.17, 15) is 14.4 Å². The van der Waals surface area contributed by atoms with E-state index >= 15 is 0 Å². The maximum Gasteiger partial charge on any atom is 0.334 e. The van der Waals surface area contributed by atoms with E-state index in [4.69, 9.17) is 16.2 Å². The molecule has 3 atom stereocenters. The lowest BCUT2D eigenvalue weighted by Crippen LogP contribution is -2.55. The Hall–Kier alpha value is -3.96. The van der Waals surface area contributed by atoms with Crippen LogP contribution in [0.5, 0.6) is 5.75 Å². The third-order valence-electron chi connectivity index (χ3n) is 6.83. The van der Waals surface area contributed by atoms with Crippen LogP contribution in [-0.2, 0) is 20.8 Å². The zero-order valence-electron chi connectivity index (χ0n) is 22.6. The van der Waals surface area contributed by atoms with Crippen molar-refractivity contribution in [2.24, 2.45) is 16.5 Å². The topological polar surface area (TPSA) is 161 Å². The fraction of sp³-hybridized carbons (Fsp3) is 0.333. The van der Waals surface area contributed by atoms with Crippen molar-refractivity contribution in [2.45, 2.75) is 50.2 Å². The number of nitrogens with one attached hydrogen (secondary N) is 3. The van der Waals surface area contributed by atoms with Gasteiger partial charge in [-0.05, 0) is 72.8 Å². The third-order valence-corrected chi connectivity index (χ3v) is 7.32. The zero-order chi connectivity index (χ0) is 29.2. The van der Waals surface area contributed by atoms with Crippen LogP contribution < -0.4 is 32.2 Å². The summed E-state index contributed by atoms with van der Waals surface area (Å²) < 4.78 is 6.65. The number of esters is 1. The molecule has 0 aliphatic carbocycles. The van der Waals surface area contributed by atoms with Crippen molar-refractivity contribution in [3.05, 3.63) is 76.8 Å². The minimum absolute atomic E-state index is 0.0536. The van der Waals surface area contributed by atoms with Crippen LogP contribution in [0.1, 0.15) is 31.2 Å². The van der Waals surface area contributed by atoms with Gasteiger partial charge in [-0.15, -0.1) is 0 Å². The first-order valence-corrected chi connectivity index (χ1v) is 14.4. The van der Waals surface area contributed by atoms with Crippen molar-refractivity contribution in [2.75, 3.05) is 13.1 Å². The lowest BCUT2D eigenvalue weighted by Gasteiger charge is -2.24. The number of rotatable bonds is 12. The van der Waals surface area contributed by atoms with Gasteiger partial charge in [0.2, 0.25) is 11.8 Å². The average molecular weight is 624 g/mol. The van der Waals surface area contributed by atoms with Gasteiger partial charge < -0.3 is 32.2 Å². The van der Waals surface area contributed by atoms with E-state index in [1.165, 1.54) is 0 Å². The molecule has 10 nitrogen and oxygen atoms in total. The molecule has 4 rings (SSSR count). The van der Waals surface area contributed by atoms with Crippen LogP contribution in [0.2, 0.25) is 0 Å². The van der Waals surface area contributed by atoms with E-state index < -0.39 is 24.0 Å². The number of hydrogen-bond acceptors (Lipinski definition) is 6. The predicted octanol–water partition coefficient (Wildman–Crippen LogP) is 2.53. The van der Waals surface area contributed by atoms with Gasteiger partial charge >= 0.3 is 5.97 Å². The Labute approximate surface area is 247 Å². The number of aliphatic imine (C=N–C) groups is 1. The highest BCUT2D eigenvalue weighted by molar-refractivity contribution is 9.10. The summed E-state index contributed by atoms with van der Waals surface area (Å²) in [5.41, 5.74) is 11.7. The molecule has 216 valence electrons. The van der Waals surface area contributed by atoms with Gasteiger partial charge in [0.15, 0.2) is 5.96 Å². The third kappa shape index (κ3) is 9.02. The summed E-state index contributed by atoms with van der Waals surface area (Å²) in [6, 6.07) is 18.3. The molecule has 41 heavy (non-hydrogen) atoms. The number of halogens is 1. The van der Waals surface area contributed by atoms with E-state index in [2.05, 4.69) is 36.9 Å². The number of nitrogens with two attached hydrogens (primary N) is 2. The second kappa shape index (κ2) is 14.6. The Morgan fingerprint density at radius 1 is 1.00 bits per heavy atom. The van der Waals surface area contributed by atoms with Crippen LogP contribution in [-0.4, -0.2) is 55.0 Å². The van der Waals surface area contributed by atoms with Gasteiger partial charge in [0.05, 0.1) is 6.04 Å². The van der Waals surface area contributed by atoms with Gasteiger partial charge in [-0.2, -0.15) is 0 Å². The quantitative estimate of drug-likeness (QED) is 0.0681. The molecule has 0 bridgehead atoms. The van der Waals surface area contributed by atoms with Gasteiger partial charge in [0, 0.05) is 17.4 Å². The summed E-state index contributed by atoms with van der Waals surface area (Å²) in [7, 11) is 0. The second-order valence-electron chi connectivity index (χ2n) is 9.98. The number of carbonyl (C=O) groups excluding carboxylic acids is 3. The lowest BCUT2D eigenvalue weighted by molar-refractivity contribution is -0.140. The van der Waals surface area contributed by atoms with Crippen molar-refractivity contribution < 1.29 is 19.1 Å². The molecule has 0 radical (unpaired) electrons. The molecule has 1 aliphatic heterocycles. The Balaban J connectivity index is 1.50. The number of hydrogen-bond donors (Lipinski definition) is 5. The Morgan fingerprint density at radius 2 is 1.76 bits per heavy atom. The monoisotopic (exact) mass is 622 g/mol. The zero-order valence-corrected chi connectivity index (χ0v) is 24.2. The van der Waals surface area contributed by atoms with Crippen molar-refractivity contribution in [1.29, 1.82) is 0 Å². The van der Waals surface area contributed by atoms with Crippen LogP contribution in [0.3, 0.4) is 0 Å². The smallest absolute Gasteiger partial charge is 0.334 e. The lowest BCUT2D eigenvalue weighted by atomic mass is 10.0. The summed E-state index contributed by atoms with van der Waals surface area (Å²) in [5.74, 6) is -1.04. The molecule has 0 unspecified atom stereocenters. The average Bonchev–Trinajstić information content (AvgIpc) is 3.50. The highest BCUT2D eigenvalue weighted by atomic mass is 79.9. The number of fused-ring (bicyclic) bond motifs is 1. The number of carbonyl (C=O) groups is 3. The maximum atomic E-state index is 13.6. The van der Waals surface area contributed by atoms with E-state index in [0.717, 1.165) is 33.8 Å². The molecule has 1 heterocycles. The van der Waals surface area contributed by atoms with Gasteiger partial charge in [0.1, 0.15) is 17.8 Å². The normalized spacial score (nSPS) is 16.0.